The van der Waals surface area contributed by atoms with E-state index in [4.69, 9.17) is 48.5 Å². The molecule has 0 radical (unpaired) electrons. The molecule has 0 aromatic heterocycles. The molecule has 2 rings (SSSR count). The summed E-state index contributed by atoms with van der Waals surface area (Å²) in [5.41, 5.74) is 0.994. The fourth-order valence-corrected chi connectivity index (χ4v) is 10.6. The van der Waals surface area contributed by atoms with Crippen molar-refractivity contribution in [1.29, 1.82) is 0 Å². The van der Waals surface area contributed by atoms with Crippen LogP contribution in [0.15, 0.2) is 29.2 Å². The van der Waals surface area contributed by atoms with Crippen LogP contribution >= 0.6 is 0 Å². The molecule has 0 fully saturated rings. The van der Waals surface area contributed by atoms with Crippen LogP contribution in [0.3, 0.4) is 0 Å². The zero-order valence-electron chi connectivity index (χ0n) is 13.1. The number of nitrogens with zero attached hydrogens (tertiary/aromatic N) is 1. The average Bonchev–Trinajstić information content (AvgIpc) is 2.82. The Balaban J connectivity index is 2.26. The standard InChI is InChI=1S/C13H19NO3S5Si/c1-15-23(16-2,17-3)10-6-9-13-14(18)11-7-4-5-8-12(11)22(13,20)21-19/h4-5,7-8H,6,9-10H2,1-3H3. The number of hydrogen-bond acceptors (Lipinski definition) is 6. The van der Waals surface area contributed by atoms with E-state index in [0.29, 0.717) is 6.04 Å². The summed E-state index contributed by atoms with van der Waals surface area (Å²) in [6.07, 6.45) is 1.60. The fraction of sp³-hybridized carbons (Fsp3) is 0.462. The minimum absolute atomic E-state index is 0.715. The molecular weight excluding hydrogens is 407 g/mol. The smallest absolute Gasteiger partial charge is 0.426 e. The van der Waals surface area contributed by atoms with Crippen molar-refractivity contribution in [3.8, 4) is 0 Å². The molecule has 0 amide bonds. The van der Waals surface area contributed by atoms with Gasteiger partial charge in [0, 0.05) is 47.0 Å². The molecule has 0 spiro atoms. The molecule has 1 unspecified atom stereocenters. The summed E-state index contributed by atoms with van der Waals surface area (Å²) < 4.78 is 18.2. The number of rotatable bonds is 7. The molecule has 0 saturated carbocycles. The van der Waals surface area contributed by atoms with Crippen molar-refractivity contribution in [2.75, 3.05) is 21.3 Å². The molecule has 1 aliphatic heterocycles. The van der Waals surface area contributed by atoms with Crippen molar-refractivity contribution in [2.24, 2.45) is 0 Å². The van der Waals surface area contributed by atoms with Crippen LogP contribution in [-0.4, -0.2) is 39.2 Å². The van der Waals surface area contributed by atoms with Crippen molar-refractivity contribution < 1.29 is 17.3 Å². The molecule has 0 N–H and O–H groups in total. The minimum atomic E-state index is -2.57. The Labute approximate surface area is 156 Å². The van der Waals surface area contributed by atoms with Gasteiger partial charge in [-0.3, -0.25) is 3.98 Å². The molecule has 0 bridgehead atoms. The molecule has 1 heterocycles. The molecule has 1 aromatic carbocycles. The van der Waals surface area contributed by atoms with Gasteiger partial charge in [-0.05, 0) is 43.7 Å². The molecule has 0 aliphatic carbocycles. The van der Waals surface area contributed by atoms with Crippen LogP contribution in [0.25, 0.3) is 0 Å². The highest BCUT2D eigenvalue weighted by Gasteiger charge is 2.39. The predicted octanol–water partition coefficient (Wildman–Crippen LogP) is 2.30. The third-order valence-corrected chi connectivity index (χ3v) is 15.3. The zero-order chi connectivity index (χ0) is 17.1. The maximum Gasteiger partial charge on any atom is 0.500 e. The van der Waals surface area contributed by atoms with Crippen molar-refractivity contribution >= 4 is 70.8 Å². The highest BCUT2D eigenvalue weighted by Crippen LogP contribution is 2.34. The first kappa shape index (κ1) is 19.5. The van der Waals surface area contributed by atoms with Gasteiger partial charge in [-0.25, -0.2) is 0 Å². The maximum atomic E-state index is 5.93. The molecule has 1 aromatic rings. The van der Waals surface area contributed by atoms with E-state index >= 15 is 0 Å². The Kier molecular flexibility index (Phi) is 6.85. The number of fused-ring (bicyclic) bond motifs is 1. The Morgan fingerprint density at radius 1 is 1.22 bits per heavy atom. The zero-order valence-corrected chi connectivity index (χ0v) is 18.2. The van der Waals surface area contributed by atoms with Gasteiger partial charge in [-0.15, -0.1) is 0 Å². The van der Waals surface area contributed by atoms with E-state index in [1.54, 1.807) is 25.3 Å². The quantitative estimate of drug-likeness (QED) is 0.378. The molecular formula is C13H19NO3S5Si. The monoisotopic (exact) mass is 425 g/mol. The molecule has 128 valence electrons. The molecule has 1 aliphatic rings. The van der Waals surface area contributed by atoms with Crippen LogP contribution in [0.4, 0.5) is 5.69 Å². The molecule has 4 nitrogen and oxygen atoms in total. The van der Waals surface area contributed by atoms with E-state index in [1.807, 2.05) is 24.3 Å². The van der Waals surface area contributed by atoms with Gasteiger partial charge in [-0.1, -0.05) is 12.1 Å². The first-order chi connectivity index (χ1) is 11.0. The predicted molar refractivity (Wildman–Crippen MR) is 107 cm³/mol. The second-order valence-electron chi connectivity index (χ2n) is 4.88. The Hall–Kier alpha value is 0.217. The van der Waals surface area contributed by atoms with Crippen LogP contribution in [0.2, 0.25) is 6.04 Å². The summed E-state index contributed by atoms with van der Waals surface area (Å²) >= 11 is 16.8. The fourth-order valence-electron chi connectivity index (χ4n) is 2.55. The number of benzene rings is 1. The van der Waals surface area contributed by atoms with Crippen molar-refractivity contribution in [3.05, 3.63) is 24.3 Å². The van der Waals surface area contributed by atoms with Gasteiger partial charge in [-0.2, -0.15) is 0 Å². The van der Waals surface area contributed by atoms with Gasteiger partial charge in [0.05, 0.1) is 4.90 Å². The summed E-state index contributed by atoms with van der Waals surface area (Å²) in [7, 11) is 1.94. The largest absolute Gasteiger partial charge is 0.500 e. The normalized spacial score (nSPS) is 20.7. The summed E-state index contributed by atoms with van der Waals surface area (Å²) in [5.74, 6) is 0. The average molecular weight is 426 g/mol. The minimum Gasteiger partial charge on any atom is -0.426 e. The maximum absolute atomic E-state index is 5.93. The van der Waals surface area contributed by atoms with Crippen molar-refractivity contribution in [2.45, 2.75) is 23.8 Å². The number of hydrogen-bond donors (Lipinski definition) is 0. The van der Waals surface area contributed by atoms with Gasteiger partial charge >= 0.3 is 8.80 Å². The van der Waals surface area contributed by atoms with Crippen LogP contribution < -0.4 is 0 Å². The Morgan fingerprint density at radius 3 is 2.39 bits per heavy atom. The van der Waals surface area contributed by atoms with Crippen molar-refractivity contribution in [3.63, 3.8) is 0 Å². The van der Waals surface area contributed by atoms with E-state index in [9.17, 15) is 0 Å². The lowest BCUT2D eigenvalue weighted by Crippen LogP contribution is -2.42. The summed E-state index contributed by atoms with van der Waals surface area (Å²) in [6.45, 7) is 0. The lowest BCUT2D eigenvalue weighted by atomic mass is 10.3. The van der Waals surface area contributed by atoms with Gasteiger partial charge < -0.3 is 26.1 Å². The first-order valence-corrected chi connectivity index (χ1v) is 14.0. The van der Waals surface area contributed by atoms with Gasteiger partial charge in [0.15, 0.2) is 0 Å². The van der Waals surface area contributed by atoms with E-state index < -0.39 is 16.0 Å². The van der Waals surface area contributed by atoms with Crippen molar-refractivity contribution in [1.82, 2.24) is 0 Å². The second-order valence-corrected chi connectivity index (χ2v) is 15.7. The van der Waals surface area contributed by atoms with Crippen LogP contribution in [0.1, 0.15) is 12.8 Å². The first-order valence-electron chi connectivity index (χ1n) is 6.91. The van der Waals surface area contributed by atoms with E-state index in [1.165, 1.54) is 8.88 Å². The number of para-hydroxylation sites is 1. The van der Waals surface area contributed by atoms with E-state index in [2.05, 4.69) is 0 Å². The third-order valence-electron chi connectivity index (χ3n) is 3.81. The van der Waals surface area contributed by atoms with Crippen LogP contribution in [0, 0.1) is 0 Å². The summed E-state index contributed by atoms with van der Waals surface area (Å²) in [6, 6.07) is 8.73. The topological polar surface area (TPSA) is 30.7 Å². The van der Waals surface area contributed by atoms with Crippen LogP contribution in [0.5, 0.6) is 0 Å². The van der Waals surface area contributed by atoms with Gasteiger partial charge in [0.1, 0.15) is 0 Å². The Bertz CT molecular complexity index is 756. The van der Waals surface area contributed by atoms with Crippen LogP contribution in [-0.2, 0) is 64.5 Å². The molecule has 1 atom stereocenters. The lowest BCUT2D eigenvalue weighted by Gasteiger charge is -2.24. The highest BCUT2D eigenvalue weighted by atomic mass is 33.2. The molecule has 0 saturated heterocycles. The van der Waals surface area contributed by atoms with Gasteiger partial charge in [0.25, 0.3) is 0 Å². The molecule has 10 heteroatoms. The third kappa shape index (κ3) is 3.60. The highest BCUT2D eigenvalue weighted by molar-refractivity contribution is 8.71. The summed E-state index contributed by atoms with van der Waals surface area (Å²) in [5, 5.41) is 1.05. The SMILES string of the molecule is CO[Si](CCCC1=[N+]([S-])c2ccccc2S1(=S)=S=S)(OC)OC. The van der Waals surface area contributed by atoms with E-state index in [0.717, 1.165) is 28.5 Å². The lowest BCUT2D eigenvalue weighted by molar-refractivity contribution is -0.235. The van der Waals surface area contributed by atoms with E-state index in [-0.39, 0.29) is 0 Å². The van der Waals surface area contributed by atoms with Gasteiger partial charge in [0.2, 0.25) is 10.7 Å². The summed E-state index contributed by atoms with van der Waals surface area (Å²) in [4.78, 5) is 1.09. The second kappa shape index (κ2) is 8.06. The Morgan fingerprint density at radius 2 is 1.83 bits per heavy atom. The molecule has 23 heavy (non-hydrogen) atoms.